The molecule has 0 aromatic heterocycles. The lowest BCUT2D eigenvalue weighted by Gasteiger charge is -2.22. The molecule has 19 heavy (non-hydrogen) atoms. The molecule has 0 spiro atoms. The highest BCUT2D eigenvalue weighted by atomic mass is 16.5. The Hall–Kier alpha value is -0.650. The van der Waals surface area contributed by atoms with Crippen LogP contribution >= 0.6 is 0 Å². The number of hydrogen-bond donors (Lipinski definition) is 2. The molecule has 0 aliphatic carbocycles. The summed E-state index contributed by atoms with van der Waals surface area (Å²) in [4.78, 5) is 11.5. The lowest BCUT2D eigenvalue weighted by Crippen LogP contribution is -2.36. The van der Waals surface area contributed by atoms with Gasteiger partial charge >= 0.3 is 0 Å². The van der Waals surface area contributed by atoms with Gasteiger partial charge in [-0.3, -0.25) is 4.79 Å². The monoisotopic (exact) mass is 272 g/mol. The van der Waals surface area contributed by atoms with E-state index in [1.54, 1.807) is 0 Å². The van der Waals surface area contributed by atoms with Crippen LogP contribution in [0.2, 0.25) is 0 Å². The van der Waals surface area contributed by atoms with Gasteiger partial charge < -0.3 is 20.1 Å². The maximum atomic E-state index is 11.5. The quantitative estimate of drug-likeness (QED) is 0.584. The molecule has 5 nitrogen and oxygen atoms in total. The number of nitrogens with one attached hydrogen (secondary N) is 2. The molecular weight excluding hydrogens is 244 g/mol. The lowest BCUT2D eigenvalue weighted by atomic mass is 10.1. The molecule has 0 unspecified atom stereocenters. The van der Waals surface area contributed by atoms with E-state index in [1.807, 2.05) is 0 Å². The standard InChI is InChI=1S/C14H28N2O3/c1-2-3-10-18-11-4-7-16-14(17)12-19-13-5-8-15-9-6-13/h13,15H,2-12H2,1H3,(H,16,17). The van der Waals surface area contributed by atoms with Crippen LogP contribution in [-0.4, -0.2) is 51.5 Å². The molecule has 1 aliphatic heterocycles. The number of unbranched alkanes of at least 4 members (excludes halogenated alkanes) is 1. The molecule has 0 bridgehead atoms. The predicted molar refractivity (Wildman–Crippen MR) is 75.2 cm³/mol. The lowest BCUT2D eigenvalue weighted by molar-refractivity contribution is -0.128. The van der Waals surface area contributed by atoms with E-state index in [2.05, 4.69) is 17.6 Å². The van der Waals surface area contributed by atoms with Gasteiger partial charge in [-0.15, -0.1) is 0 Å². The van der Waals surface area contributed by atoms with E-state index in [9.17, 15) is 4.79 Å². The predicted octanol–water partition coefficient (Wildman–Crippen LogP) is 1.08. The second-order valence-corrected chi connectivity index (χ2v) is 4.93. The summed E-state index contributed by atoms with van der Waals surface area (Å²) in [5.74, 6) is -0.0212. The van der Waals surface area contributed by atoms with Crippen molar-refractivity contribution in [3.05, 3.63) is 0 Å². The summed E-state index contributed by atoms with van der Waals surface area (Å²) in [6, 6.07) is 0. The fraction of sp³-hybridized carbons (Fsp3) is 0.929. The van der Waals surface area contributed by atoms with Gasteiger partial charge in [-0.05, 0) is 38.8 Å². The molecule has 1 saturated heterocycles. The average molecular weight is 272 g/mol. The summed E-state index contributed by atoms with van der Waals surface area (Å²) in [6.07, 6.45) is 5.37. The Morgan fingerprint density at radius 1 is 1.26 bits per heavy atom. The highest BCUT2D eigenvalue weighted by Crippen LogP contribution is 2.06. The second-order valence-electron chi connectivity index (χ2n) is 4.93. The molecule has 1 fully saturated rings. The molecule has 2 N–H and O–H groups in total. The molecule has 1 rings (SSSR count). The number of piperidine rings is 1. The first-order valence-corrected chi connectivity index (χ1v) is 7.49. The number of hydrogen-bond acceptors (Lipinski definition) is 4. The van der Waals surface area contributed by atoms with E-state index in [1.165, 1.54) is 0 Å². The second kappa shape index (κ2) is 11.2. The van der Waals surface area contributed by atoms with Crippen molar-refractivity contribution in [1.82, 2.24) is 10.6 Å². The minimum atomic E-state index is -0.0212. The fourth-order valence-corrected chi connectivity index (χ4v) is 1.96. The number of ether oxygens (including phenoxy) is 2. The molecule has 112 valence electrons. The number of rotatable bonds is 10. The first-order valence-electron chi connectivity index (χ1n) is 7.49. The van der Waals surface area contributed by atoms with Gasteiger partial charge in [0.05, 0.1) is 6.10 Å². The van der Waals surface area contributed by atoms with Gasteiger partial charge in [0, 0.05) is 19.8 Å². The van der Waals surface area contributed by atoms with Crippen molar-refractivity contribution in [1.29, 1.82) is 0 Å². The minimum Gasteiger partial charge on any atom is -0.381 e. The van der Waals surface area contributed by atoms with Crippen LogP contribution in [0.15, 0.2) is 0 Å². The summed E-state index contributed by atoms with van der Waals surface area (Å²) in [5, 5.41) is 6.12. The van der Waals surface area contributed by atoms with Crippen molar-refractivity contribution < 1.29 is 14.3 Å². The summed E-state index contributed by atoms with van der Waals surface area (Å²) in [5.41, 5.74) is 0. The highest BCUT2D eigenvalue weighted by Gasteiger charge is 2.14. The van der Waals surface area contributed by atoms with E-state index in [0.29, 0.717) is 6.54 Å². The van der Waals surface area contributed by atoms with Gasteiger partial charge in [0.2, 0.25) is 5.91 Å². The molecule has 0 aromatic carbocycles. The van der Waals surface area contributed by atoms with E-state index >= 15 is 0 Å². The Bertz CT molecular complexity index is 231. The van der Waals surface area contributed by atoms with Crippen molar-refractivity contribution in [2.24, 2.45) is 0 Å². The smallest absolute Gasteiger partial charge is 0.246 e. The number of amides is 1. The van der Waals surface area contributed by atoms with E-state index in [-0.39, 0.29) is 18.6 Å². The summed E-state index contributed by atoms with van der Waals surface area (Å²) >= 11 is 0. The Balaban J connectivity index is 1.87. The van der Waals surface area contributed by atoms with E-state index in [0.717, 1.165) is 58.4 Å². The van der Waals surface area contributed by atoms with Crippen LogP contribution in [0.5, 0.6) is 0 Å². The van der Waals surface area contributed by atoms with Crippen LogP contribution in [-0.2, 0) is 14.3 Å². The molecule has 1 aliphatic rings. The van der Waals surface area contributed by atoms with E-state index < -0.39 is 0 Å². The van der Waals surface area contributed by atoms with E-state index in [4.69, 9.17) is 9.47 Å². The Labute approximate surface area is 116 Å². The largest absolute Gasteiger partial charge is 0.381 e. The molecular formula is C14H28N2O3. The van der Waals surface area contributed by atoms with Gasteiger partial charge in [0.1, 0.15) is 6.61 Å². The van der Waals surface area contributed by atoms with Crippen molar-refractivity contribution in [2.45, 2.75) is 45.1 Å². The first-order chi connectivity index (χ1) is 9.33. The van der Waals surface area contributed by atoms with Crippen LogP contribution in [0.3, 0.4) is 0 Å². The minimum absolute atomic E-state index is 0.0212. The number of carbonyl (C=O) groups excluding carboxylic acids is 1. The van der Waals surface area contributed by atoms with Crippen LogP contribution in [0.4, 0.5) is 0 Å². The Morgan fingerprint density at radius 3 is 2.74 bits per heavy atom. The highest BCUT2D eigenvalue weighted by molar-refractivity contribution is 5.77. The zero-order valence-corrected chi connectivity index (χ0v) is 12.1. The zero-order chi connectivity index (χ0) is 13.8. The Morgan fingerprint density at radius 2 is 2.00 bits per heavy atom. The van der Waals surface area contributed by atoms with Gasteiger partial charge in [0.15, 0.2) is 0 Å². The summed E-state index contributed by atoms with van der Waals surface area (Å²) < 4.78 is 11.0. The van der Waals surface area contributed by atoms with Crippen LogP contribution in [0.1, 0.15) is 39.0 Å². The molecule has 0 aromatic rings. The number of carbonyl (C=O) groups is 1. The van der Waals surface area contributed by atoms with Gasteiger partial charge in [0.25, 0.3) is 0 Å². The third-order valence-electron chi connectivity index (χ3n) is 3.17. The van der Waals surface area contributed by atoms with Crippen molar-refractivity contribution >= 4 is 5.91 Å². The molecule has 1 amide bonds. The first kappa shape index (κ1) is 16.4. The molecule has 0 saturated carbocycles. The molecule has 0 radical (unpaired) electrons. The third-order valence-corrected chi connectivity index (χ3v) is 3.17. The average Bonchev–Trinajstić information content (AvgIpc) is 2.45. The SMILES string of the molecule is CCCCOCCCNC(=O)COC1CCNCC1. The van der Waals surface area contributed by atoms with Crippen molar-refractivity contribution in [2.75, 3.05) is 39.5 Å². The van der Waals surface area contributed by atoms with Crippen LogP contribution in [0, 0.1) is 0 Å². The summed E-state index contributed by atoms with van der Waals surface area (Å²) in [7, 11) is 0. The van der Waals surface area contributed by atoms with Gasteiger partial charge in [-0.25, -0.2) is 0 Å². The van der Waals surface area contributed by atoms with Gasteiger partial charge in [-0.1, -0.05) is 13.3 Å². The maximum Gasteiger partial charge on any atom is 0.246 e. The zero-order valence-electron chi connectivity index (χ0n) is 12.1. The molecule has 5 heteroatoms. The van der Waals surface area contributed by atoms with Crippen LogP contribution < -0.4 is 10.6 Å². The molecule has 1 heterocycles. The summed E-state index contributed by atoms with van der Waals surface area (Å²) in [6.45, 7) is 6.51. The molecule has 0 atom stereocenters. The fourth-order valence-electron chi connectivity index (χ4n) is 1.96. The topological polar surface area (TPSA) is 59.6 Å². The van der Waals surface area contributed by atoms with Crippen molar-refractivity contribution in [3.8, 4) is 0 Å². The third kappa shape index (κ3) is 8.97. The van der Waals surface area contributed by atoms with Crippen molar-refractivity contribution in [3.63, 3.8) is 0 Å². The maximum absolute atomic E-state index is 11.5. The normalized spacial score (nSPS) is 16.5. The Kier molecular flexibility index (Phi) is 9.67. The van der Waals surface area contributed by atoms with Gasteiger partial charge in [-0.2, -0.15) is 0 Å². The van der Waals surface area contributed by atoms with Crippen LogP contribution in [0.25, 0.3) is 0 Å².